The Labute approximate surface area is 159 Å². The summed E-state index contributed by atoms with van der Waals surface area (Å²) in [5, 5.41) is 20.2. The van der Waals surface area contributed by atoms with Crippen molar-refractivity contribution in [1.29, 1.82) is 0 Å². The van der Waals surface area contributed by atoms with Gasteiger partial charge in [0.15, 0.2) is 5.96 Å². The average molecular weight is 451 g/mol. The number of nitro groups is 1. The molecule has 1 rings (SSSR count). The van der Waals surface area contributed by atoms with E-state index in [1.165, 1.54) is 12.1 Å². The molecule has 0 radical (unpaired) electrons. The fraction of sp³-hybridized carbons (Fsp3) is 0.533. The van der Waals surface area contributed by atoms with Crippen LogP contribution in [0.3, 0.4) is 0 Å². The van der Waals surface area contributed by atoms with E-state index >= 15 is 0 Å². The maximum Gasteiger partial charge on any atom is 0.269 e. The Morgan fingerprint density at radius 1 is 1.25 bits per heavy atom. The Balaban J connectivity index is 0.00000529. The molecule has 0 heterocycles. The van der Waals surface area contributed by atoms with Gasteiger partial charge >= 0.3 is 0 Å². The average Bonchev–Trinajstić information content (AvgIpc) is 2.55. The molecule has 0 saturated carbocycles. The first-order valence-corrected chi connectivity index (χ1v) is 7.66. The summed E-state index contributed by atoms with van der Waals surface area (Å²) in [6.45, 7) is 5.59. The Bertz CT molecular complexity index is 496. The summed E-state index contributed by atoms with van der Waals surface area (Å²) in [4.78, 5) is 14.6. The SMILES string of the molecule is CCNC(=NCCCOC)NCCNc1ccc([N+](=O)[O-])cc1.I. The van der Waals surface area contributed by atoms with Crippen molar-refractivity contribution in [1.82, 2.24) is 10.6 Å². The number of methoxy groups -OCH3 is 1. The van der Waals surface area contributed by atoms with E-state index in [0.29, 0.717) is 26.2 Å². The minimum absolute atomic E-state index is 0. The van der Waals surface area contributed by atoms with Crippen LogP contribution in [0.15, 0.2) is 29.3 Å². The van der Waals surface area contributed by atoms with E-state index in [0.717, 1.165) is 24.6 Å². The number of ether oxygens (including phenoxy) is 1. The molecule has 0 atom stereocenters. The Morgan fingerprint density at radius 3 is 2.54 bits per heavy atom. The predicted octanol–water partition coefficient (Wildman–Crippen LogP) is 2.22. The first kappa shape index (κ1) is 22.4. The lowest BCUT2D eigenvalue weighted by Crippen LogP contribution is -2.39. The van der Waals surface area contributed by atoms with Crippen LogP contribution < -0.4 is 16.0 Å². The van der Waals surface area contributed by atoms with Crippen molar-refractivity contribution in [2.45, 2.75) is 13.3 Å². The summed E-state index contributed by atoms with van der Waals surface area (Å²) in [6, 6.07) is 6.36. The summed E-state index contributed by atoms with van der Waals surface area (Å²) >= 11 is 0. The summed E-state index contributed by atoms with van der Waals surface area (Å²) in [5.74, 6) is 0.772. The van der Waals surface area contributed by atoms with Crippen LogP contribution in [0.2, 0.25) is 0 Å². The molecular weight excluding hydrogens is 425 g/mol. The Morgan fingerprint density at radius 2 is 1.96 bits per heavy atom. The zero-order valence-electron chi connectivity index (χ0n) is 14.1. The van der Waals surface area contributed by atoms with E-state index in [9.17, 15) is 10.1 Å². The molecule has 3 N–H and O–H groups in total. The molecule has 1 aromatic rings. The predicted molar refractivity (Wildman–Crippen MR) is 107 cm³/mol. The standard InChI is InChI=1S/C15H25N5O3.HI/c1-3-16-15(18-9-4-12-23-2)19-11-10-17-13-5-7-14(8-6-13)20(21)22;/h5-8,17H,3-4,9-12H2,1-2H3,(H2,16,18,19);1H. The number of hydrogen-bond acceptors (Lipinski definition) is 5. The Kier molecular flexibility index (Phi) is 12.9. The largest absolute Gasteiger partial charge is 0.385 e. The molecule has 8 nitrogen and oxygen atoms in total. The zero-order chi connectivity index (χ0) is 16.9. The first-order chi connectivity index (χ1) is 11.2. The lowest BCUT2D eigenvalue weighted by atomic mass is 10.3. The number of anilines is 1. The number of rotatable bonds is 10. The minimum Gasteiger partial charge on any atom is -0.385 e. The third kappa shape index (κ3) is 9.50. The second-order valence-corrected chi connectivity index (χ2v) is 4.76. The van der Waals surface area contributed by atoms with Crippen molar-refractivity contribution < 1.29 is 9.66 Å². The molecule has 136 valence electrons. The molecule has 24 heavy (non-hydrogen) atoms. The van der Waals surface area contributed by atoms with Crippen molar-refractivity contribution >= 4 is 41.3 Å². The fourth-order valence-electron chi connectivity index (χ4n) is 1.83. The minimum atomic E-state index is -0.409. The van der Waals surface area contributed by atoms with Crippen molar-refractivity contribution in [2.24, 2.45) is 4.99 Å². The normalized spacial score (nSPS) is 10.7. The van der Waals surface area contributed by atoms with E-state index < -0.39 is 4.92 Å². The molecule has 0 aliphatic rings. The number of hydrogen-bond donors (Lipinski definition) is 3. The molecule has 9 heteroatoms. The third-order valence-electron chi connectivity index (χ3n) is 2.95. The third-order valence-corrected chi connectivity index (χ3v) is 2.95. The van der Waals surface area contributed by atoms with E-state index in [1.54, 1.807) is 19.2 Å². The molecular formula is C15H26IN5O3. The fourth-order valence-corrected chi connectivity index (χ4v) is 1.83. The monoisotopic (exact) mass is 451 g/mol. The number of benzene rings is 1. The molecule has 0 aromatic heterocycles. The van der Waals surface area contributed by atoms with Crippen molar-refractivity contribution in [3.05, 3.63) is 34.4 Å². The van der Waals surface area contributed by atoms with Gasteiger partial charge in [0.05, 0.1) is 4.92 Å². The molecule has 1 aromatic carbocycles. The lowest BCUT2D eigenvalue weighted by molar-refractivity contribution is -0.384. The van der Waals surface area contributed by atoms with Crippen LogP contribution in [-0.2, 0) is 4.74 Å². The topological polar surface area (TPSA) is 101 Å². The van der Waals surface area contributed by atoms with Crippen LogP contribution in [0.5, 0.6) is 0 Å². The van der Waals surface area contributed by atoms with Gasteiger partial charge in [-0.2, -0.15) is 0 Å². The highest BCUT2D eigenvalue weighted by Gasteiger charge is 2.03. The van der Waals surface area contributed by atoms with E-state index in [2.05, 4.69) is 20.9 Å². The zero-order valence-corrected chi connectivity index (χ0v) is 16.4. The Hall–Kier alpha value is -1.62. The molecule has 0 saturated heterocycles. The maximum atomic E-state index is 10.6. The van der Waals surface area contributed by atoms with Gasteiger partial charge in [-0.25, -0.2) is 0 Å². The molecule has 0 unspecified atom stereocenters. The van der Waals surface area contributed by atoms with Gasteiger partial charge < -0.3 is 20.7 Å². The van der Waals surface area contributed by atoms with Gasteiger partial charge in [-0.3, -0.25) is 15.1 Å². The first-order valence-electron chi connectivity index (χ1n) is 7.66. The van der Waals surface area contributed by atoms with E-state index in [1.807, 2.05) is 6.92 Å². The summed E-state index contributed by atoms with van der Waals surface area (Å²) in [7, 11) is 1.68. The van der Waals surface area contributed by atoms with E-state index in [-0.39, 0.29) is 29.7 Å². The van der Waals surface area contributed by atoms with Crippen molar-refractivity contribution in [2.75, 3.05) is 45.2 Å². The number of nitro benzene ring substituents is 1. The second kappa shape index (κ2) is 13.8. The lowest BCUT2D eigenvalue weighted by Gasteiger charge is -2.12. The van der Waals surface area contributed by atoms with Crippen molar-refractivity contribution in [3.63, 3.8) is 0 Å². The molecule has 0 spiro atoms. The van der Waals surface area contributed by atoms with Gasteiger partial charge in [-0.05, 0) is 25.5 Å². The summed E-state index contributed by atoms with van der Waals surface area (Å²) in [5.41, 5.74) is 0.936. The van der Waals surface area contributed by atoms with E-state index in [4.69, 9.17) is 4.74 Å². The highest BCUT2D eigenvalue weighted by Crippen LogP contribution is 2.14. The van der Waals surface area contributed by atoms with Gasteiger partial charge in [0.25, 0.3) is 5.69 Å². The number of non-ortho nitro benzene ring substituents is 1. The van der Waals surface area contributed by atoms with Crippen LogP contribution in [0.25, 0.3) is 0 Å². The second-order valence-electron chi connectivity index (χ2n) is 4.76. The van der Waals surface area contributed by atoms with Gasteiger partial charge in [0, 0.05) is 57.7 Å². The van der Waals surface area contributed by atoms with Gasteiger partial charge in [-0.15, -0.1) is 24.0 Å². The maximum absolute atomic E-state index is 10.6. The number of nitrogens with zero attached hydrogens (tertiary/aromatic N) is 2. The van der Waals surface area contributed by atoms with Gasteiger partial charge in [-0.1, -0.05) is 0 Å². The number of nitrogens with one attached hydrogen (secondary N) is 3. The van der Waals surface area contributed by atoms with Gasteiger partial charge in [0.2, 0.25) is 0 Å². The van der Waals surface area contributed by atoms with Crippen LogP contribution in [0.4, 0.5) is 11.4 Å². The molecule has 0 aliphatic carbocycles. The highest BCUT2D eigenvalue weighted by molar-refractivity contribution is 14.0. The van der Waals surface area contributed by atoms with Crippen LogP contribution in [-0.4, -0.2) is 50.8 Å². The molecule has 0 bridgehead atoms. The molecule has 0 aliphatic heterocycles. The van der Waals surface area contributed by atoms with Crippen LogP contribution in [0.1, 0.15) is 13.3 Å². The van der Waals surface area contributed by atoms with Gasteiger partial charge in [0.1, 0.15) is 0 Å². The van der Waals surface area contributed by atoms with Crippen LogP contribution in [0, 0.1) is 10.1 Å². The number of guanidine groups is 1. The smallest absolute Gasteiger partial charge is 0.269 e. The highest BCUT2D eigenvalue weighted by atomic mass is 127. The summed E-state index contributed by atoms with van der Waals surface area (Å²) < 4.78 is 4.99. The molecule has 0 fully saturated rings. The van der Waals surface area contributed by atoms with Crippen LogP contribution >= 0.6 is 24.0 Å². The summed E-state index contributed by atoms with van der Waals surface area (Å²) in [6.07, 6.45) is 0.883. The quantitative estimate of drug-likeness (QED) is 0.126. The molecule has 0 amide bonds. The number of aliphatic imine (C=N–C) groups is 1. The van der Waals surface area contributed by atoms with Crippen molar-refractivity contribution in [3.8, 4) is 0 Å². The number of halogens is 1.